The Hall–Kier alpha value is -3.46. The van der Waals surface area contributed by atoms with Crippen LogP contribution in [-0.4, -0.2) is 35.3 Å². The number of carbonyl (C=O) groups excluding carboxylic acids is 4. The second kappa shape index (κ2) is 8.28. The summed E-state index contributed by atoms with van der Waals surface area (Å²) >= 11 is 0. The highest BCUT2D eigenvalue weighted by molar-refractivity contribution is 6.23. The van der Waals surface area contributed by atoms with Gasteiger partial charge in [0.15, 0.2) is 5.78 Å². The number of benzene rings is 1. The molecule has 0 saturated carbocycles. The third-order valence-electron chi connectivity index (χ3n) is 3.56. The molecule has 1 heterocycles. The smallest absolute Gasteiger partial charge is 0.353 e. The topological polar surface area (TPSA) is 131 Å². The molecule has 0 saturated heterocycles. The van der Waals surface area contributed by atoms with Gasteiger partial charge in [0.1, 0.15) is 16.9 Å². The van der Waals surface area contributed by atoms with E-state index in [1.54, 1.807) is 25.1 Å². The lowest BCUT2D eigenvalue weighted by molar-refractivity contribution is -0.155. The first-order valence-corrected chi connectivity index (χ1v) is 7.97. The molecule has 1 aliphatic rings. The zero-order chi connectivity index (χ0) is 20.1. The lowest BCUT2D eigenvalue weighted by Gasteiger charge is -2.18. The zero-order valence-corrected chi connectivity index (χ0v) is 14.9. The number of nitrogens with one attached hydrogen (secondary N) is 2. The number of Topliss-reactive ketones (excluding diaryl/α,β-unsaturated/α-hetero) is 1. The second-order valence-corrected chi connectivity index (χ2v) is 5.53. The van der Waals surface area contributed by atoms with Gasteiger partial charge in [0, 0.05) is 16.9 Å². The summed E-state index contributed by atoms with van der Waals surface area (Å²) in [5.74, 6) is -4.23. The third kappa shape index (κ3) is 4.39. The molecule has 1 aliphatic heterocycles. The number of cyclic esters (lactones) is 2. The number of ether oxygens (including phenoxy) is 1. The SMILES string of the molecule is CCONC(=O)c1cccc(NC(C)=C2C(=O)OC(=O)C(C(C)=O)=C2O)c1. The van der Waals surface area contributed by atoms with Crippen LogP contribution < -0.4 is 10.8 Å². The van der Waals surface area contributed by atoms with E-state index < -0.39 is 35.0 Å². The summed E-state index contributed by atoms with van der Waals surface area (Å²) in [5, 5.41) is 13.0. The lowest BCUT2D eigenvalue weighted by atomic mass is 10.0. The van der Waals surface area contributed by atoms with Crippen molar-refractivity contribution in [2.75, 3.05) is 11.9 Å². The van der Waals surface area contributed by atoms with E-state index in [0.29, 0.717) is 12.3 Å². The number of carbonyl (C=O) groups is 4. The molecule has 0 bridgehead atoms. The van der Waals surface area contributed by atoms with Crippen LogP contribution in [0.4, 0.5) is 5.69 Å². The number of ketones is 1. The van der Waals surface area contributed by atoms with Crippen LogP contribution in [-0.2, 0) is 24.0 Å². The molecule has 1 aromatic rings. The predicted molar refractivity (Wildman–Crippen MR) is 93.3 cm³/mol. The average molecular weight is 374 g/mol. The van der Waals surface area contributed by atoms with E-state index >= 15 is 0 Å². The first kappa shape index (κ1) is 19.9. The predicted octanol–water partition coefficient (Wildman–Crippen LogP) is 1.54. The van der Waals surface area contributed by atoms with Gasteiger partial charge in [-0.3, -0.25) is 14.4 Å². The molecule has 27 heavy (non-hydrogen) atoms. The number of esters is 2. The van der Waals surface area contributed by atoms with Crippen LogP contribution in [0.15, 0.2) is 46.9 Å². The molecule has 0 aliphatic carbocycles. The summed E-state index contributed by atoms with van der Waals surface area (Å²) in [7, 11) is 0. The Morgan fingerprint density at radius 1 is 1.19 bits per heavy atom. The second-order valence-electron chi connectivity index (χ2n) is 5.53. The van der Waals surface area contributed by atoms with Crippen LogP contribution in [0.1, 0.15) is 31.1 Å². The van der Waals surface area contributed by atoms with E-state index in [9.17, 15) is 24.3 Å². The summed E-state index contributed by atoms with van der Waals surface area (Å²) in [6.45, 7) is 4.55. The first-order valence-electron chi connectivity index (χ1n) is 7.97. The summed E-state index contributed by atoms with van der Waals surface area (Å²) in [6.07, 6.45) is 0. The van der Waals surface area contributed by atoms with Gasteiger partial charge in [-0.25, -0.2) is 15.1 Å². The standard InChI is InChI=1S/C18H18N2O7/c1-4-26-20-16(23)11-6-5-7-12(8-11)19-9(2)13-15(22)14(10(3)21)18(25)27-17(13)24/h5-8,19,22H,4H2,1-3H3,(H,20,23). The van der Waals surface area contributed by atoms with Crippen molar-refractivity contribution >= 4 is 29.3 Å². The third-order valence-corrected chi connectivity index (χ3v) is 3.56. The van der Waals surface area contributed by atoms with E-state index in [-0.39, 0.29) is 16.8 Å². The van der Waals surface area contributed by atoms with Crippen LogP contribution in [0.2, 0.25) is 0 Å². The number of amides is 1. The maximum Gasteiger partial charge on any atom is 0.353 e. The molecular formula is C18H18N2O7. The van der Waals surface area contributed by atoms with Gasteiger partial charge in [0.05, 0.1) is 6.61 Å². The molecule has 0 atom stereocenters. The fourth-order valence-corrected chi connectivity index (χ4v) is 2.36. The highest BCUT2D eigenvalue weighted by atomic mass is 16.6. The van der Waals surface area contributed by atoms with Gasteiger partial charge in [-0.05, 0) is 39.0 Å². The van der Waals surface area contributed by atoms with Crippen LogP contribution in [0.5, 0.6) is 0 Å². The van der Waals surface area contributed by atoms with Crippen molar-refractivity contribution < 1.29 is 33.9 Å². The van der Waals surface area contributed by atoms with Crippen molar-refractivity contribution in [2.24, 2.45) is 0 Å². The molecule has 142 valence electrons. The molecule has 9 nitrogen and oxygen atoms in total. The minimum absolute atomic E-state index is 0.131. The number of aliphatic hydroxyl groups excluding tert-OH is 1. The Morgan fingerprint density at radius 3 is 2.52 bits per heavy atom. The Bertz CT molecular complexity index is 883. The Labute approximate surface area is 154 Å². The van der Waals surface area contributed by atoms with Crippen molar-refractivity contribution in [1.29, 1.82) is 0 Å². The summed E-state index contributed by atoms with van der Waals surface area (Å²) < 4.78 is 4.51. The van der Waals surface area contributed by atoms with E-state index in [0.717, 1.165) is 6.92 Å². The molecular weight excluding hydrogens is 356 g/mol. The van der Waals surface area contributed by atoms with Gasteiger partial charge in [0.2, 0.25) is 0 Å². The quantitative estimate of drug-likeness (QED) is 0.225. The van der Waals surface area contributed by atoms with E-state index in [2.05, 4.69) is 15.5 Å². The van der Waals surface area contributed by atoms with Gasteiger partial charge in [-0.2, -0.15) is 0 Å². The van der Waals surface area contributed by atoms with Crippen molar-refractivity contribution in [3.8, 4) is 0 Å². The van der Waals surface area contributed by atoms with Gasteiger partial charge in [-0.15, -0.1) is 0 Å². The Balaban J connectivity index is 2.36. The molecule has 2 rings (SSSR count). The number of hydrogen-bond donors (Lipinski definition) is 3. The van der Waals surface area contributed by atoms with E-state index in [4.69, 9.17) is 4.84 Å². The van der Waals surface area contributed by atoms with Crippen molar-refractivity contribution in [1.82, 2.24) is 5.48 Å². The molecule has 9 heteroatoms. The molecule has 0 aromatic heterocycles. The number of anilines is 1. The van der Waals surface area contributed by atoms with Gasteiger partial charge < -0.3 is 15.2 Å². The normalized spacial score (nSPS) is 16.0. The van der Waals surface area contributed by atoms with E-state index in [1.165, 1.54) is 13.0 Å². The number of rotatable bonds is 6. The fourth-order valence-electron chi connectivity index (χ4n) is 2.36. The first-order chi connectivity index (χ1) is 12.8. The molecule has 3 N–H and O–H groups in total. The van der Waals surface area contributed by atoms with Crippen LogP contribution in [0.3, 0.4) is 0 Å². The van der Waals surface area contributed by atoms with Crippen LogP contribution in [0.25, 0.3) is 0 Å². The van der Waals surface area contributed by atoms with Crippen LogP contribution in [0, 0.1) is 0 Å². The molecule has 1 amide bonds. The fraction of sp³-hybridized carbons (Fsp3) is 0.222. The Kier molecular flexibility index (Phi) is 6.09. The molecule has 0 radical (unpaired) electrons. The summed E-state index contributed by atoms with van der Waals surface area (Å²) in [5.41, 5.74) is 2.15. The molecule has 0 fully saturated rings. The Morgan fingerprint density at radius 2 is 1.89 bits per heavy atom. The lowest BCUT2D eigenvalue weighted by Crippen LogP contribution is -2.29. The number of hydroxylamine groups is 1. The van der Waals surface area contributed by atoms with Crippen molar-refractivity contribution in [3.05, 3.63) is 52.4 Å². The monoisotopic (exact) mass is 374 g/mol. The summed E-state index contributed by atoms with van der Waals surface area (Å²) in [4.78, 5) is 51.9. The van der Waals surface area contributed by atoms with Gasteiger partial charge in [0.25, 0.3) is 5.91 Å². The van der Waals surface area contributed by atoms with Crippen LogP contribution >= 0.6 is 0 Å². The minimum Gasteiger partial charge on any atom is -0.506 e. The minimum atomic E-state index is -1.20. The molecule has 0 unspecified atom stereocenters. The van der Waals surface area contributed by atoms with E-state index in [1.807, 2.05) is 0 Å². The van der Waals surface area contributed by atoms with Gasteiger partial charge >= 0.3 is 11.9 Å². The zero-order valence-electron chi connectivity index (χ0n) is 14.9. The highest BCUT2D eigenvalue weighted by Gasteiger charge is 2.36. The molecule has 0 spiro atoms. The van der Waals surface area contributed by atoms with Gasteiger partial charge in [-0.1, -0.05) is 6.07 Å². The maximum atomic E-state index is 12.0. The summed E-state index contributed by atoms with van der Waals surface area (Å²) in [6, 6.07) is 6.26. The van der Waals surface area contributed by atoms with Crippen molar-refractivity contribution in [2.45, 2.75) is 20.8 Å². The number of aliphatic hydroxyl groups is 1. The van der Waals surface area contributed by atoms with Crippen molar-refractivity contribution in [3.63, 3.8) is 0 Å². The maximum absolute atomic E-state index is 12.0. The number of allylic oxidation sites excluding steroid dienone is 1. The largest absolute Gasteiger partial charge is 0.506 e. The highest BCUT2D eigenvalue weighted by Crippen LogP contribution is 2.26. The number of hydrogen-bond acceptors (Lipinski definition) is 8. The average Bonchev–Trinajstić information content (AvgIpc) is 2.58. The molecule has 1 aromatic carbocycles.